The second-order valence-electron chi connectivity index (χ2n) is 6.15. The molecule has 1 aliphatic rings. The molecule has 1 aliphatic heterocycles. The van der Waals surface area contributed by atoms with E-state index >= 15 is 0 Å². The second kappa shape index (κ2) is 7.45. The van der Waals surface area contributed by atoms with Crippen LogP contribution in [0.4, 0.5) is 11.5 Å². The average Bonchev–Trinajstić information content (AvgIpc) is 3.01. The number of hydrogen-bond acceptors (Lipinski definition) is 6. The predicted octanol–water partition coefficient (Wildman–Crippen LogP) is 2.05. The summed E-state index contributed by atoms with van der Waals surface area (Å²) in [6.07, 6.45) is 1.72. The molecule has 0 aliphatic carbocycles. The Labute approximate surface area is 158 Å². The van der Waals surface area contributed by atoms with E-state index in [1.807, 2.05) is 19.1 Å². The summed E-state index contributed by atoms with van der Waals surface area (Å²) < 4.78 is 13.0. The van der Waals surface area contributed by atoms with E-state index in [9.17, 15) is 9.59 Å². The minimum Gasteiger partial charge on any atom is -0.454 e. The molecule has 0 bridgehead atoms. The molecule has 3 rings (SSSR count). The Balaban J connectivity index is 1.94. The third-order valence-corrected chi connectivity index (χ3v) is 5.02. The molecule has 8 nitrogen and oxygen atoms in total. The maximum Gasteiger partial charge on any atom is 0.330 e. The van der Waals surface area contributed by atoms with Gasteiger partial charge in [-0.05, 0) is 24.1 Å². The van der Waals surface area contributed by atoms with Crippen molar-refractivity contribution in [2.75, 3.05) is 24.5 Å². The number of nitrogen functional groups attached to an aromatic ring is 1. The van der Waals surface area contributed by atoms with Gasteiger partial charge in [-0.3, -0.25) is 14.3 Å². The van der Waals surface area contributed by atoms with Gasteiger partial charge in [0.1, 0.15) is 11.5 Å². The first-order chi connectivity index (χ1) is 12.4. The third-order valence-electron chi connectivity index (χ3n) is 4.28. The molecule has 0 unspecified atom stereocenters. The van der Waals surface area contributed by atoms with Crippen LogP contribution >= 0.6 is 15.9 Å². The van der Waals surface area contributed by atoms with Crippen molar-refractivity contribution in [2.24, 2.45) is 0 Å². The fourth-order valence-corrected chi connectivity index (χ4v) is 3.35. The first-order valence-electron chi connectivity index (χ1n) is 8.34. The van der Waals surface area contributed by atoms with Gasteiger partial charge in [-0.2, -0.15) is 0 Å². The van der Waals surface area contributed by atoms with Crippen LogP contribution in [0.25, 0.3) is 0 Å². The quantitative estimate of drug-likeness (QED) is 0.735. The van der Waals surface area contributed by atoms with Crippen LogP contribution in [0.1, 0.15) is 25.3 Å². The van der Waals surface area contributed by atoms with Crippen LogP contribution in [0.3, 0.4) is 0 Å². The lowest BCUT2D eigenvalue weighted by Crippen LogP contribution is -2.37. The largest absolute Gasteiger partial charge is 0.454 e. The van der Waals surface area contributed by atoms with E-state index in [1.54, 1.807) is 11.9 Å². The third kappa shape index (κ3) is 3.44. The summed E-state index contributed by atoms with van der Waals surface area (Å²) >= 11 is 3.51. The van der Waals surface area contributed by atoms with Crippen LogP contribution in [0.15, 0.2) is 26.2 Å². The summed E-state index contributed by atoms with van der Waals surface area (Å²) in [5.41, 5.74) is 6.34. The van der Waals surface area contributed by atoms with Crippen LogP contribution in [-0.4, -0.2) is 23.4 Å². The van der Waals surface area contributed by atoms with Gasteiger partial charge in [0.2, 0.25) is 6.79 Å². The minimum atomic E-state index is -0.500. The lowest BCUT2D eigenvalue weighted by molar-refractivity contribution is 0.174. The van der Waals surface area contributed by atoms with E-state index in [0.717, 1.165) is 22.9 Å². The molecule has 0 spiro atoms. The van der Waals surface area contributed by atoms with Gasteiger partial charge in [-0.1, -0.05) is 29.3 Å². The number of rotatable bonds is 6. The highest BCUT2D eigenvalue weighted by Crippen LogP contribution is 2.37. The summed E-state index contributed by atoms with van der Waals surface area (Å²) in [6.45, 7) is 3.08. The highest BCUT2D eigenvalue weighted by atomic mass is 79.9. The highest BCUT2D eigenvalue weighted by Gasteiger charge is 2.20. The van der Waals surface area contributed by atoms with Crippen LogP contribution in [-0.2, 0) is 13.1 Å². The van der Waals surface area contributed by atoms with Gasteiger partial charge in [0.25, 0.3) is 5.56 Å². The molecule has 0 saturated carbocycles. The van der Waals surface area contributed by atoms with Crippen LogP contribution in [0, 0.1) is 0 Å². The Morgan fingerprint density at radius 1 is 1.31 bits per heavy atom. The average molecular weight is 425 g/mol. The number of H-pyrrole nitrogens is 1. The van der Waals surface area contributed by atoms with Crippen molar-refractivity contribution in [3.05, 3.63) is 43.0 Å². The van der Waals surface area contributed by atoms with Crippen molar-refractivity contribution >= 4 is 27.4 Å². The van der Waals surface area contributed by atoms with E-state index in [0.29, 0.717) is 24.6 Å². The summed E-state index contributed by atoms with van der Waals surface area (Å²) in [5.74, 6) is 1.51. The number of unbranched alkanes of at least 4 members (excludes halogenated alkanes) is 1. The molecule has 9 heteroatoms. The minimum absolute atomic E-state index is 0.173. The number of aromatic amines is 1. The van der Waals surface area contributed by atoms with E-state index in [2.05, 4.69) is 20.9 Å². The van der Waals surface area contributed by atoms with E-state index < -0.39 is 11.2 Å². The number of hydrogen-bond donors (Lipinski definition) is 2. The van der Waals surface area contributed by atoms with Gasteiger partial charge >= 0.3 is 5.69 Å². The maximum absolute atomic E-state index is 12.3. The molecule has 0 radical (unpaired) electrons. The Morgan fingerprint density at radius 3 is 2.69 bits per heavy atom. The summed E-state index contributed by atoms with van der Waals surface area (Å²) in [7, 11) is 1.76. The Kier molecular flexibility index (Phi) is 5.26. The summed E-state index contributed by atoms with van der Waals surface area (Å²) in [4.78, 5) is 28.5. The molecule has 1 aromatic heterocycles. The molecule has 26 heavy (non-hydrogen) atoms. The number of nitrogens with zero attached hydrogens (tertiary/aromatic N) is 2. The van der Waals surface area contributed by atoms with Crippen molar-refractivity contribution < 1.29 is 9.47 Å². The smallest absolute Gasteiger partial charge is 0.330 e. The standard InChI is InChI=1S/C17H21BrN4O4/c1-3-4-5-22-15(19)14(16(23)20-17(22)24)21(2)8-10-6-12-13(7-11(10)18)26-9-25-12/h6-7H,3-5,8-9,19H2,1-2H3,(H,20,23,24). The number of nitrogens with two attached hydrogens (primary N) is 1. The van der Waals surface area contributed by atoms with Crippen molar-refractivity contribution in [3.63, 3.8) is 0 Å². The lowest BCUT2D eigenvalue weighted by atomic mass is 10.2. The van der Waals surface area contributed by atoms with Crippen LogP contribution in [0.5, 0.6) is 11.5 Å². The second-order valence-corrected chi connectivity index (χ2v) is 7.01. The number of halogens is 1. The Morgan fingerprint density at radius 2 is 2.00 bits per heavy atom. The number of nitrogens with one attached hydrogen (secondary N) is 1. The zero-order valence-corrected chi connectivity index (χ0v) is 16.3. The normalized spacial score (nSPS) is 12.4. The number of fused-ring (bicyclic) bond motifs is 1. The van der Waals surface area contributed by atoms with Gasteiger partial charge in [-0.15, -0.1) is 0 Å². The number of anilines is 2. The summed E-state index contributed by atoms with van der Waals surface area (Å²) in [6, 6.07) is 3.70. The van der Waals surface area contributed by atoms with Crippen molar-refractivity contribution in [2.45, 2.75) is 32.9 Å². The van der Waals surface area contributed by atoms with E-state index in [4.69, 9.17) is 15.2 Å². The molecule has 2 heterocycles. The number of benzene rings is 1. The lowest BCUT2D eigenvalue weighted by Gasteiger charge is -2.22. The van der Waals surface area contributed by atoms with Crippen molar-refractivity contribution in [1.82, 2.24) is 9.55 Å². The molecule has 2 aromatic rings. The van der Waals surface area contributed by atoms with Gasteiger partial charge in [0.15, 0.2) is 11.5 Å². The Hall–Kier alpha value is -2.42. The fraction of sp³-hybridized carbons (Fsp3) is 0.412. The molecule has 0 atom stereocenters. The van der Waals surface area contributed by atoms with E-state index in [-0.39, 0.29) is 18.3 Å². The number of ether oxygens (including phenoxy) is 2. The Bertz CT molecular complexity index is 938. The van der Waals surface area contributed by atoms with Gasteiger partial charge < -0.3 is 20.1 Å². The molecule has 0 amide bonds. The topological polar surface area (TPSA) is 103 Å². The van der Waals surface area contributed by atoms with E-state index in [1.165, 1.54) is 4.57 Å². The molecule has 0 fully saturated rings. The summed E-state index contributed by atoms with van der Waals surface area (Å²) in [5, 5.41) is 0. The molecular formula is C17H21BrN4O4. The number of aromatic nitrogens is 2. The molecule has 1 aromatic carbocycles. The van der Waals surface area contributed by atoms with Crippen LogP contribution < -0.4 is 31.4 Å². The zero-order chi connectivity index (χ0) is 18.8. The fourth-order valence-electron chi connectivity index (χ4n) is 2.90. The monoisotopic (exact) mass is 424 g/mol. The van der Waals surface area contributed by atoms with Gasteiger partial charge in [0.05, 0.1) is 0 Å². The molecule has 3 N–H and O–H groups in total. The highest BCUT2D eigenvalue weighted by molar-refractivity contribution is 9.10. The van der Waals surface area contributed by atoms with Gasteiger partial charge in [-0.25, -0.2) is 4.79 Å². The predicted molar refractivity (Wildman–Crippen MR) is 103 cm³/mol. The van der Waals surface area contributed by atoms with Gasteiger partial charge in [0, 0.05) is 24.6 Å². The zero-order valence-electron chi connectivity index (χ0n) is 14.7. The first kappa shape index (κ1) is 18.4. The van der Waals surface area contributed by atoms with Crippen molar-refractivity contribution in [1.29, 1.82) is 0 Å². The SMILES string of the molecule is CCCCn1c(N)c(N(C)Cc2cc3c(cc2Br)OCO3)c(=O)[nH]c1=O. The first-order valence-corrected chi connectivity index (χ1v) is 9.13. The van der Waals surface area contributed by atoms with Crippen LogP contribution in [0.2, 0.25) is 0 Å². The molecule has 0 saturated heterocycles. The van der Waals surface area contributed by atoms with Crippen molar-refractivity contribution in [3.8, 4) is 11.5 Å². The molecule has 140 valence electrons. The molecular weight excluding hydrogens is 404 g/mol. The maximum atomic E-state index is 12.3.